The maximum atomic E-state index is 11.8. The van der Waals surface area contributed by atoms with Gasteiger partial charge in [0.2, 0.25) is 0 Å². The van der Waals surface area contributed by atoms with E-state index in [1.807, 2.05) is 6.08 Å². The molecule has 0 amide bonds. The van der Waals surface area contributed by atoms with Crippen molar-refractivity contribution in [1.29, 1.82) is 0 Å². The average Bonchev–Trinajstić information content (AvgIpc) is 3.30. The summed E-state index contributed by atoms with van der Waals surface area (Å²) in [6.45, 7) is 2.22. The predicted molar refractivity (Wildman–Crippen MR) is 91.3 cm³/mol. The van der Waals surface area contributed by atoms with E-state index in [2.05, 4.69) is 11.7 Å². The summed E-state index contributed by atoms with van der Waals surface area (Å²) in [5, 5.41) is 0. The van der Waals surface area contributed by atoms with Crippen molar-refractivity contribution in [1.82, 2.24) is 0 Å². The summed E-state index contributed by atoms with van der Waals surface area (Å²) in [7, 11) is 1.40. The first-order valence-corrected chi connectivity index (χ1v) is 9.10. The van der Waals surface area contributed by atoms with Gasteiger partial charge in [-0.2, -0.15) is 0 Å². The van der Waals surface area contributed by atoms with E-state index in [4.69, 9.17) is 4.74 Å². The molecule has 132 valence electrons. The number of methoxy groups -OCH3 is 1. The largest absolute Gasteiger partial charge is 0.469 e. The standard InChI is InChI=1S/C19H32O4/c1-3-4-5-6-7-8-9-11-16(20)14-15-18-17(23-18)12-10-13-19(21)22-2/h14-15,17-18H,3-13H2,1-2H3/b15-14+. The van der Waals surface area contributed by atoms with Gasteiger partial charge in [0, 0.05) is 12.8 Å². The molecule has 0 spiro atoms. The fourth-order valence-electron chi connectivity index (χ4n) is 2.65. The Morgan fingerprint density at radius 2 is 1.70 bits per heavy atom. The lowest BCUT2D eigenvalue weighted by molar-refractivity contribution is -0.140. The third-order valence-corrected chi connectivity index (χ3v) is 4.22. The maximum absolute atomic E-state index is 11.8. The van der Waals surface area contributed by atoms with Crippen LogP contribution in [0.15, 0.2) is 12.2 Å². The summed E-state index contributed by atoms with van der Waals surface area (Å²) in [6, 6.07) is 0. The molecule has 0 aliphatic carbocycles. The summed E-state index contributed by atoms with van der Waals surface area (Å²) in [4.78, 5) is 22.7. The highest BCUT2D eigenvalue weighted by atomic mass is 16.6. The minimum Gasteiger partial charge on any atom is -0.469 e. The summed E-state index contributed by atoms with van der Waals surface area (Å²) in [5.74, 6) is 0.0185. The lowest BCUT2D eigenvalue weighted by Gasteiger charge is -1.99. The third kappa shape index (κ3) is 10.3. The van der Waals surface area contributed by atoms with Gasteiger partial charge in [0.25, 0.3) is 0 Å². The van der Waals surface area contributed by atoms with Crippen molar-refractivity contribution in [3.05, 3.63) is 12.2 Å². The van der Waals surface area contributed by atoms with Crippen LogP contribution in [0.4, 0.5) is 0 Å². The number of ether oxygens (including phenoxy) is 2. The highest BCUT2D eigenvalue weighted by Gasteiger charge is 2.35. The summed E-state index contributed by atoms with van der Waals surface area (Å²) >= 11 is 0. The minimum absolute atomic E-state index is 0.0608. The van der Waals surface area contributed by atoms with Gasteiger partial charge in [-0.25, -0.2) is 0 Å². The van der Waals surface area contributed by atoms with Crippen molar-refractivity contribution in [2.75, 3.05) is 7.11 Å². The molecular weight excluding hydrogens is 292 g/mol. The average molecular weight is 324 g/mol. The molecule has 0 saturated carbocycles. The molecule has 0 aromatic carbocycles. The number of unbranched alkanes of at least 4 members (excludes halogenated alkanes) is 6. The van der Waals surface area contributed by atoms with Crippen LogP contribution in [0.3, 0.4) is 0 Å². The Morgan fingerprint density at radius 1 is 1.00 bits per heavy atom. The highest BCUT2D eigenvalue weighted by molar-refractivity contribution is 5.89. The normalized spacial score (nSPS) is 19.9. The molecule has 1 rings (SSSR count). The summed E-state index contributed by atoms with van der Waals surface area (Å²) in [5.41, 5.74) is 0. The van der Waals surface area contributed by atoms with Crippen LogP contribution in [0.1, 0.15) is 77.6 Å². The summed E-state index contributed by atoms with van der Waals surface area (Å²) < 4.78 is 10.1. The van der Waals surface area contributed by atoms with Gasteiger partial charge in [-0.15, -0.1) is 0 Å². The number of ketones is 1. The van der Waals surface area contributed by atoms with Gasteiger partial charge in [-0.1, -0.05) is 45.4 Å². The van der Waals surface area contributed by atoms with Gasteiger partial charge < -0.3 is 9.47 Å². The number of allylic oxidation sites excluding steroid dienone is 1. The number of carbonyl (C=O) groups excluding carboxylic acids is 2. The zero-order valence-corrected chi connectivity index (χ0v) is 14.7. The zero-order valence-electron chi connectivity index (χ0n) is 14.7. The van der Waals surface area contributed by atoms with Crippen LogP contribution < -0.4 is 0 Å². The van der Waals surface area contributed by atoms with Crippen molar-refractivity contribution in [3.63, 3.8) is 0 Å². The number of esters is 1. The molecule has 0 radical (unpaired) electrons. The first-order valence-electron chi connectivity index (χ1n) is 9.10. The van der Waals surface area contributed by atoms with Crippen LogP contribution in [0.2, 0.25) is 0 Å². The Balaban J connectivity index is 1.96. The van der Waals surface area contributed by atoms with E-state index in [0.29, 0.717) is 12.8 Å². The Hall–Kier alpha value is -1.16. The Bertz CT molecular complexity index is 376. The smallest absolute Gasteiger partial charge is 0.305 e. The van der Waals surface area contributed by atoms with Crippen LogP contribution in [-0.4, -0.2) is 31.1 Å². The maximum Gasteiger partial charge on any atom is 0.305 e. The first-order chi connectivity index (χ1) is 11.2. The van der Waals surface area contributed by atoms with E-state index in [1.165, 1.54) is 39.2 Å². The molecule has 0 aromatic rings. The second kappa shape index (κ2) is 12.3. The van der Waals surface area contributed by atoms with Gasteiger partial charge in [0.05, 0.1) is 13.2 Å². The van der Waals surface area contributed by atoms with Crippen molar-refractivity contribution in [2.45, 2.75) is 89.8 Å². The molecule has 23 heavy (non-hydrogen) atoms. The third-order valence-electron chi connectivity index (χ3n) is 4.22. The van der Waals surface area contributed by atoms with Crippen molar-refractivity contribution in [3.8, 4) is 0 Å². The van der Waals surface area contributed by atoms with Crippen LogP contribution in [0, 0.1) is 0 Å². The molecule has 0 aromatic heterocycles. The zero-order chi connectivity index (χ0) is 16.9. The molecule has 4 heteroatoms. The van der Waals surface area contributed by atoms with Gasteiger partial charge in [0.15, 0.2) is 5.78 Å². The fraction of sp³-hybridized carbons (Fsp3) is 0.789. The lowest BCUT2D eigenvalue weighted by atomic mass is 10.1. The molecule has 1 aliphatic rings. The Morgan fingerprint density at radius 3 is 2.39 bits per heavy atom. The van der Waals surface area contributed by atoms with E-state index < -0.39 is 0 Å². The van der Waals surface area contributed by atoms with Crippen molar-refractivity contribution < 1.29 is 19.1 Å². The fourth-order valence-corrected chi connectivity index (χ4v) is 2.65. The molecule has 1 fully saturated rings. The molecule has 1 aliphatic heterocycles. The minimum atomic E-state index is -0.178. The number of hydrogen-bond donors (Lipinski definition) is 0. The monoisotopic (exact) mass is 324 g/mol. The highest BCUT2D eigenvalue weighted by Crippen LogP contribution is 2.28. The number of carbonyl (C=O) groups is 2. The van der Waals surface area contributed by atoms with E-state index in [9.17, 15) is 9.59 Å². The van der Waals surface area contributed by atoms with E-state index in [0.717, 1.165) is 25.7 Å². The SMILES string of the molecule is CCCCCCCCCC(=O)/C=C/C1OC1CCCC(=O)OC. The van der Waals surface area contributed by atoms with E-state index in [-0.39, 0.29) is 24.0 Å². The Labute approximate surface area is 140 Å². The molecule has 2 unspecified atom stereocenters. The summed E-state index contributed by atoms with van der Waals surface area (Å²) in [6.07, 6.45) is 15.1. The van der Waals surface area contributed by atoms with Crippen LogP contribution >= 0.6 is 0 Å². The molecule has 0 N–H and O–H groups in total. The number of rotatable bonds is 14. The van der Waals surface area contributed by atoms with Crippen molar-refractivity contribution in [2.24, 2.45) is 0 Å². The second-order valence-electron chi connectivity index (χ2n) is 6.30. The quantitative estimate of drug-likeness (QED) is 0.206. The van der Waals surface area contributed by atoms with Gasteiger partial charge in [-0.3, -0.25) is 9.59 Å². The van der Waals surface area contributed by atoms with Gasteiger partial charge in [0.1, 0.15) is 6.10 Å². The molecule has 4 nitrogen and oxygen atoms in total. The second-order valence-corrected chi connectivity index (χ2v) is 6.30. The van der Waals surface area contributed by atoms with Gasteiger partial charge >= 0.3 is 5.97 Å². The number of hydrogen-bond acceptors (Lipinski definition) is 4. The lowest BCUT2D eigenvalue weighted by Crippen LogP contribution is -2.01. The molecular formula is C19H32O4. The molecule has 2 atom stereocenters. The molecule has 1 saturated heterocycles. The molecule has 1 heterocycles. The predicted octanol–water partition coefficient (Wildman–Crippen LogP) is 4.36. The Kier molecular flexibility index (Phi) is 10.6. The van der Waals surface area contributed by atoms with E-state index in [1.54, 1.807) is 6.08 Å². The van der Waals surface area contributed by atoms with Crippen molar-refractivity contribution >= 4 is 11.8 Å². The number of epoxide rings is 1. The van der Waals surface area contributed by atoms with Crippen LogP contribution in [0.5, 0.6) is 0 Å². The van der Waals surface area contributed by atoms with Crippen LogP contribution in [0.25, 0.3) is 0 Å². The van der Waals surface area contributed by atoms with Crippen LogP contribution in [-0.2, 0) is 19.1 Å². The van der Waals surface area contributed by atoms with E-state index >= 15 is 0 Å². The topological polar surface area (TPSA) is 55.9 Å². The molecule has 0 bridgehead atoms. The van der Waals surface area contributed by atoms with Gasteiger partial charge in [-0.05, 0) is 31.4 Å². The first kappa shape index (κ1) is 19.9.